The average molecular weight is 402 g/mol. The van der Waals surface area contributed by atoms with Crippen LogP contribution in [0.4, 0.5) is 19.0 Å². The number of β-amino-alcohol motifs (C(OH)–C–C–N with tert-alkyl or cyclic N) is 1. The zero-order chi connectivity index (χ0) is 20.2. The molecule has 0 bridgehead atoms. The van der Waals surface area contributed by atoms with Gasteiger partial charge in [-0.2, -0.15) is 13.2 Å². The number of fused-ring (bicyclic) bond motifs is 1. The van der Waals surface area contributed by atoms with Crippen molar-refractivity contribution in [3.63, 3.8) is 0 Å². The standard InChI is InChI=1S/C17H17F3N2O4S/c1-10-8-14(11(2)7-13(10)26-3)27(24,25)22-9-16(23,17(18,19)20)12-5-4-6-21-15(12)22/h4-8,23H,9H2,1-3H3. The normalized spacial score (nSPS) is 19.9. The molecule has 10 heteroatoms. The molecule has 0 amide bonds. The number of sulfonamides is 1. The summed E-state index contributed by atoms with van der Waals surface area (Å²) in [6.07, 6.45) is -3.89. The number of aliphatic hydroxyl groups is 1. The minimum Gasteiger partial charge on any atom is -0.496 e. The molecular formula is C17H17F3N2O4S. The van der Waals surface area contributed by atoms with Crippen LogP contribution in [0.5, 0.6) is 5.75 Å². The van der Waals surface area contributed by atoms with E-state index in [0.717, 1.165) is 6.07 Å². The van der Waals surface area contributed by atoms with Gasteiger partial charge in [0.2, 0.25) is 5.60 Å². The number of aryl methyl sites for hydroxylation is 2. The van der Waals surface area contributed by atoms with Crippen LogP contribution in [0, 0.1) is 13.8 Å². The van der Waals surface area contributed by atoms with Gasteiger partial charge in [0.25, 0.3) is 10.0 Å². The molecule has 0 spiro atoms. The van der Waals surface area contributed by atoms with Crippen LogP contribution in [0.25, 0.3) is 0 Å². The van der Waals surface area contributed by atoms with Gasteiger partial charge in [0, 0.05) is 11.8 Å². The second-order valence-electron chi connectivity index (χ2n) is 6.33. The highest BCUT2D eigenvalue weighted by molar-refractivity contribution is 7.93. The van der Waals surface area contributed by atoms with Crippen molar-refractivity contribution >= 4 is 15.8 Å². The van der Waals surface area contributed by atoms with Crippen molar-refractivity contribution in [2.24, 2.45) is 0 Å². The summed E-state index contributed by atoms with van der Waals surface area (Å²) in [5.41, 5.74) is -3.12. The lowest BCUT2D eigenvalue weighted by atomic mass is 9.97. The molecular weight excluding hydrogens is 385 g/mol. The molecule has 0 saturated carbocycles. The molecule has 1 aliphatic rings. The summed E-state index contributed by atoms with van der Waals surface area (Å²) >= 11 is 0. The third kappa shape index (κ3) is 2.83. The van der Waals surface area contributed by atoms with Gasteiger partial charge in [-0.05, 0) is 43.2 Å². The lowest BCUT2D eigenvalue weighted by Gasteiger charge is -2.27. The number of hydrogen-bond acceptors (Lipinski definition) is 5. The quantitative estimate of drug-likeness (QED) is 0.854. The van der Waals surface area contributed by atoms with Crippen LogP contribution >= 0.6 is 0 Å². The monoisotopic (exact) mass is 402 g/mol. The van der Waals surface area contributed by atoms with Crippen molar-refractivity contribution in [1.82, 2.24) is 4.98 Å². The van der Waals surface area contributed by atoms with Crippen molar-refractivity contribution in [3.8, 4) is 5.75 Å². The average Bonchev–Trinajstić information content (AvgIpc) is 2.92. The number of pyridine rings is 1. The van der Waals surface area contributed by atoms with Gasteiger partial charge in [0.05, 0.1) is 18.6 Å². The molecule has 1 aliphatic heterocycles. The Bertz CT molecular complexity index is 1010. The number of hydrogen-bond donors (Lipinski definition) is 1. The molecule has 2 heterocycles. The number of methoxy groups -OCH3 is 1. The SMILES string of the molecule is COc1cc(C)c(S(=O)(=O)N2CC(O)(C(F)(F)F)c3cccnc32)cc1C. The summed E-state index contributed by atoms with van der Waals surface area (Å²) in [5.74, 6) is 0.0170. The van der Waals surface area contributed by atoms with Crippen LogP contribution < -0.4 is 9.04 Å². The molecule has 1 N–H and O–H groups in total. The highest BCUT2D eigenvalue weighted by Crippen LogP contribution is 2.49. The van der Waals surface area contributed by atoms with Crippen molar-refractivity contribution in [3.05, 3.63) is 47.2 Å². The smallest absolute Gasteiger partial charge is 0.423 e. The number of rotatable bonds is 3. The Morgan fingerprint density at radius 2 is 1.93 bits per heavy atom. The molecule has 0 fully saturated rings. The summed E-state index contributed by atoms with van der Waals surface area (Å²) in [6, 6.07) is 5.07. The molecule has 27 heavy (non-hydrogen) atoms. The predicted octanol–water partition coefficient (Wildman–Crippen LogP) is 2.67. The molecule has 1 unspecified atom stereocenters. The van der Waals surface area contributed by atoms with Crippen molar-refractivity contribution in [2.75, 3.05) is 18.0 Å². The van der Waals surface area contributed by atoms with E-state index in [0.29, 0.717) is 21.2 Å². The van der Waals surface area contributed by atoms with E-state index < -0.39 is 39.7 Å². The van der Waals surface area contributed by atoms with Crippen molar-refractivity contribution in [2.45, 2.75) is 30.5 Å². The first-order valence-electron chi connectivity index (χ1n) is 7.86. The Balaban J connectivity index is 2.19. The maximum atomic E-state index is 13.5. The van der Waals surface area contributed by atoms with Gasteiger partial charge >= 0.3 is 6.18 Å². The summed E-state index contributed by atoms with van der Waals surface area (Å²) in [7, 11) is -2.98. The maximum Gasteiger partial charge on any atom is 0.423 e. The van der Waals surface area contributed by atoms with Crippen LogP contribution in [0.15, 0.2) is 35.4 Å². The summed E-state index contributed by atoms with van der Waals surface area (Å²) in [5, 5.41) is 10.3. The van der Waals surface area contributed by atoms with Gasteiger partial charge in [-0.1, -0.05) is 6.07 Å². The number of alkyl halides is 3. The molecule has 1 atom stereocenters. The second-order valence-corrected chi connectivity index (χ2v) is 8.16. The van der Waals surface area contributed by atoms with E-state index in [4.69, 9.17) is 4.74 Å². The van der Waals surface area contributed by atoms with E-state index in [-0.39, 0.29) is 4.90 Å². The van der Waals surface area contributed by atoms with Crippen LogP contribution in [0.1, 0.15) is 16.7 Å². The second kappa shape index (κ2) is 6.10. The minimum absolute atomic E-state index is 0.177. The summed E-state index contributed by atoms with van der Waals surface area (Å²) < 4.78 is 72.5. The topological polar surface area (TPSA) is 79.7 Å². The molecule has 2 aromatic rings. The van der Waals surface area contributed by atoms with E-state index in [1.54, 1.807) is 6.92 Å². The van der Waals surface area contributed by atoms with Crippen LogP contribution in [-0.2, 0) is 15.6 Å². The van der Waals surface area contributed by atoms with Crippen LogP contribution in [0.2, 0.25) is 0 Å². The number of aromatic nitrogens is 1. The number of nitrogens with zero attached hydrogens (tertiary/aromatic N) is 2. The first kappa shape index (κ1) is 19.4. The fourth-order valence-corrected chi connectivity index (χ4v) is 4.87. The molecule has 146 valence electrons. The fraction of sp³-hybridized carbons (Fsp3) is 0.353. The molecule has 0 saturated heterocycles. The third-order valence-corrected chi connectivity index (χ3v) is 6.45. The number of benzene rings is 1. The Labute approximate surface area is 154 Å². The molecule has 1 aromatic carbocycles. The van der Waals surface area contributed by atoms with E-state index in [1.165, 1.54) is 38.4 Å². The summed E-state index contributed by atoms with van der Waals surface area (Å²) in [6.45, 7) is 1.94. The van der Waals surface area contributed by atoms with Crippen LogP contribution in [-0.4, -0.2) is 38.3 Å². The van der Waals surface area contributed by atoms with E-state index in [2.05, 4.69) is 4.98 Å². The molecule has 1 aromatic heterocycles. The Morgan fingerprint density at radius 3 is 2.52 bits per heavy atom. The lowest BCUT2D eigenvalue weighted by molar-refractivity contribution is -0.258. The first-order valence-corrected chi connectivity index (χ1v) is 9.30. The Morgan fingerprint density at radius 1 is 1.26 bits per heavy atom. The minimum atomic E-state index is -5.07. The number of ether oxygens (including phenoxy) is 1. The largest absolute Gasteiger partial charge is 0.496 e. The summed E-state index contributed by atoms with van der Waals surface area (Å²) in [4.78, 5) is 3.61. The zero-order valence-corrected chi connectivity index (χ0v) is 15.5. The highest BCUT2D eigenvalue weighted by atomic mass is 32.2. The van der Waals surface area contributed by atoms with Crippen LogP contribution in [0.3, 0.4) is 0 Å². The van der Waals surface area contributed by atoms with E-state index in [9.17, 15) is 26.7 Å². The fourth-order valence-electron chi connectivity index (χ4n) is 3.11. The first-order chi connectivity index (χ1) is 12.4. The zero-order valence-electron chi connectivity index (χ0n) is 14.7. The third-order valence-electron chi connectivity index (χ3n) is 4.57. The Hall–Kier alpha value is -2.33. The molecule has 0 radical (unpaired) electrons. The van der Waals surface area contributed by atoms with Crippen molar-refractivity contribution in [1.29, 1.82) is 0 Å². The molecule has 6 nitrogen and oxygen atoms in total. The Kier molecular flexibility index (Phi) is 4.39. The van der Waals surface area contributed by atoms with Gasteiger partial charge < -0.3 is 9.84 Å². The predicted molar refractivity (Wildman–Crippen MR) is 91.2 cm³/mol. The maximum absolute atomic E-state index is 13.5. The van der Waals surface area contributed by atoms with Gasteiger partial charge in [0.1, 0.15) is 11.6 Å². The molecule has 0 aliphatic carbocycles. The number of anilines is 1. The number of halogens is 3. The van der Waals surface area contributed by atoms with Gasteiger partial charge in [0.15, 0.2) is 0 Å². The van der Waals surface area contributed by atoms with E-state index >= 15 is 0 Å². The highest BCUT2D eigenvalue weighted by Gasteiger charge is 2.62. The van der Waals surface area contributed by atoms with E-state index in [1.807, 2.05) is 0 Å². The van der Waals surface area contributed by atoms with Gasteiger partial charge in [-0.3, -0.25) is 0 Å². The van der Waals surface area contributed by atoms with Crippen molar-refractivity contribution < 1.29 is 31.4 Å². The molecule has 3 rings (SSSR count). The van der Waals surface area contributed by atoms with Gasteiger partial charge in [-0.25, -0.2) is 17.7 Å². The lowest BCUT2D eigenvalue weighted by Crippen LogP contribution is -2.47. The van der Waals surface area contributed by atoms with Gasteiger partial charge in [-0.15, -0.1) is 0 Å².